The maximum atomic E-state index is 13.2. The molecule has 156 valence electrons. The summed E-state index contributed by atoms with van der Waals surface area (Å²) in [6.45, 7) is 5.30. The lowest BCUT2D eigenvalue weighted by Gasteiger charge is -2.26. The number of pyridine rings is 1. The summed E-state index contributed by atoms with van der Waals surface area (Å²) in [7, 11) is -3.86. The molecule has 29 heavy (non-hydrogen) atoms. The smallest absolute Gasteiger partial charge is 0.259 e. The Morgan fingerprint density at radius 2 is 1.79 bits per heavy atom. The SMILES string of the molecule is Cc1c(Cl)nc(N2CCCCCC2)c(C(=O)Nc2cccc(S(N)(=O)=O)c2)c1C. The Morgan fingerprint density at radius 1 is 1.14 bits per heavy atom. The molecule has 0 saturated carbocycles. The standard InChI is InChI=1S/C20H25ClN4O3S/c1-13-14(2)18(21)24-19(25-10-5-3-4-6-11-25)17(13)20(26)23-15-8-7-9-16(12-15)29(22,27)28/h7-9,12H,3-6,10-11H2,1-2H3,(H,23,26)(H2,22,27,28). The van der Waals surface area contributed by atoms with E-state index in [0.717, 1.165) is 49.9 Å². The Kier molecular flexibility index (Phi) is 6.45. The van der Waals surface area contributed by atoms with Gasteiger partial charge in [0.05, 0.1) is 10.5 Å². The zero-order valence-corrected chi connectivity index (χ0v) is 18.1. The van der Waals surface area contributed by atoms with Gasteiger partial charge in [-0.1, -0.05) is 30.5 Å². The summed E-state index contributed by atoms with van der Waals surface area (Å²) < 4.78 is 23.2. The zero-order valence-electron chi connectivity index (χ0n) is 16.5. The third kappa shape index (κ3) is 4.88. The molecule has 1 aromatic carbocycles. The van der Waals surface area contributed by atoms with E-state index in [-0.39, 0.29) is 10.8 Å². The second-order valence-corrected chi connectivity index (χ2v) is 9.20. The highest BCUT2D eigenvalue weighted by Crippen LogP contribution is 2.31. The Hall–Kier alpha value is -2.16. The number of hydrogen-bond acceptors (Lipinski definition) is 5. The maximum absolute atomic E-state index is 13.2. The minimum Gasteiger partial charge on any atom is -0.356 e. The summed E-state index contributed by atoms with van der Waals surface area (Å²) in [4.78, 5) is 19.8. The number of amides is 1. The molecule has 0 spiro atoms. The highest BCUT2D eigenvalue weighted by molar-refractivity contribution is 7.89. The average molecular weight is 437 g/mol. The van der Waals surface area contributed by atoms with Crippen molar-refractivity contribution in [1.82, 2.24) is 4.98 Å². The van der Waals surface area contributed by atoms with Crippen LogP contribution in [-0.2, 0) is 10.0 Å². The number of aromatic nitrogens is 1. The average Bonchev–Trinajstić information content (AvgIpc) is 2.94. The van der Waals surface area contributed by atoms with Crippen molar-refractivity contribution in [2.45, 2.75) is 44.4 Å². The fourth-order valence-electron chi connectivity index (χ4n) is 3.47. The second kappa shape index (κ2) is 8.69. The molecule has 1 aromatic heterocycles. The summed E-state index contributed by atoms with van der Waals surface area (Å²) in [5, 5.41) is 8.36. The van der Waals surface area contributed by atoms with Crippen molar-refractivity contribution < 1.29 is 13.2 Å². The summed E-state index contributed by atoms with van der Waals surface area (Å²) in [5.41, 5.74) is 2.29. The lowest BCUT2D eigenvalue weighted by atomic mass is 10.0. The van der Waals surface area contributed by atoms with Gasteiger partial charge in [0, 0.05) is 18.8 Å². The number of nitrogens with one attached hydrogen (secondary N) is 1. The van der Waals surface area contributed by atoms with E-state index in [2.05, 4.69) is 15.2 Å². The van der Waals surface area contributed by atoms with Crippen LogP contribution in [0.15, 0.2) is 29.2 Å². The molecule has 0 bridgehead atoms. The van der Waals surface area contributed by atoms with Crippen LogP contribution >= 0.6 is 11.6 Å². The van der Waals surface area contributed by atoms with Gasteiger partial charge in [0.25, 0.3) is 5.91 Å². The molecule has 0 radical (unpaired) electrons. The van der Waals surface area contributed by atoms with E-state index in [1.54, 1.807) is 6.07 Å². The molecule has 2 aromatic rings. The molecule has 9 heteroatoms. The lowest BCUT2D eigenvalue weighted by molar-refractivity contribution is 0.102. The molecule has 1 fully saturated rings. The van der Waals surface area contributed by atoms with Gasteiger partial charge in [0.2, 0.25) is 10.0 Å². The molecule has 0 aliphatic carbocycles. The largest absolute Gasteiger partial charge is 0.356 e. The number of hydrogen-bond donors (Lipinski definition) is 2. The van der Waals surface area contributed by atoms with E-state index in [1.807, 2.05) is 13.8 Å². The van der Waals surface area contributed by atoms with Crippen LogP contribution in [0, 0.1) is 13.8 Å². The van der Waals surface area contributed by atoms with Crippen molar-refractivity contribution in [1.29, 1.82) is 0 Å². The second-order valence-electron chi connectivity index (χ2n) is 7.28. The lowest BCUT2D eigenvalue weighted by Crippen LogP contribution is -2.29. The quantitative estimate of drug-likeness (QED) is 0.712. The van der Waals surface area contributed by atoms with E-state index in [0.29, 0.717) is 22.2 Å². The molecule has 1 amide bonds. The monoisotopic (exact) mass is 436 g/mol. The molecule has 1 aliphatic rings. The fourth-order valence-corrected chi connectivity index (χ4v) is 4.25. The number of carbonyl (C=O) groups is 1. The highest BCUT2D eigenvalue weighted by atomic mass is 35.5. The normalized spacial score (nSPS) is 15.1. The van der Waals surface area contributed by atoms with Crippen LogP contribution in [0.2, 0.25) is 5.15 Å². The Bertz CT molecular complexity index is 1030. The van der Waals surface area contributed by atoms with Crippen LogP contribution in [0.4, 0.5) is 11.5 Å². The molecule has 1 aliphatic heterocycles. The number of anilines is 2. The molecular formula is C20H25ClN4O3S. The Morgan fingerprint density at radius 3 is 2.41 bits per heavy atom. The van der Waals surface area contributed by atoms with E-state index >= 15 is 0 Å². The van der Waals surface area contributed by atoms with Gasteiger partial charge >= 0.3 is 0 Å². The van der Waals surface area contributed by atoms with Crippen LogP contribution < -0.4 is 15.4 Å². The van der Waals surface area contributed by atoms with E-state index in [9.17, 15) is 13.2 Å². The number of sulfonamides is 1. The molecule has 0 atom stereocenters. The van der Waals surface area contributed by atoms with E-state index in [4.69, 9.17) is 16.7 Å². The van der Waals surface area contributed by atoms with Crippen molar-refractivity contribution >= 4 is 39.0 Å². The minimum atomic E-state index is -3.86. The van der Waals surface area contributed by atoms with Crippen LogP contribution in [0.1, 0.15) is 47.2 Å². The first kappa shape index (κ1) is 21.5. The summed E-state index contributed by atoms with van der Waals surface area (Å²) >= 11 is 6.34. The Balaban J connectivity index is 2.00. The molecule has 0 unspecified atom stereocenters. The predicted molar refractivity (Wildman–Crippen MR) is 115 cm³/mol. The predicted octanol–water partition coefficient (Wildman–Crippen LogP) is 3.63. The fraction of sp³-hybridized carbons (Fsp3) is 0.400. The van der Waals surface area contributed by atoms with Crippen molar-refractivity contribution in [3.63, 3.8) is 0 Å². The zero-order chi connectivity index (χ0) is 21.2. The topological polar surface area (TPSA) is 105 Å². The summed E-state index contributed by atoms with van der Waals surface area (Å²) in [6.07, 6.45) is 4.36. The number of carbonyl (C=O) groups excluding carboxylic acids is 1. The summed E-state index contributed by atoms with van der Waals surface area (Å²) in [6, 6.07) is 5.87. The maximum Gasteiger partial charge on any atom is 0.259 e. The number of benzene rings is 1. The Labute approximate surface area is 176 Å². The molecule has 3 rings (SSSR count). The number of nitrogens with two attached hydrogens (primary N) is 1. The molecule has 2 heterocycles. The van der Waals surface area contributed by atoms with Crippen LogP contribution in [0.25, 0.3) is 0 Å². The van der Waals surface area contributed by atoms with Gasteiger partial charge in [-0.3, -0.25) is 4.79 Å². The first-order valence-corrected chi connectivity index (χ1v) is 11.5. The van der Waals surface area contributed by atoms with Gasteiger partial charge in [0.1, 0.15) is 11.0 Å². The van der Waals surface area contributed by atoms with Crippen LogP contribution in [-0.4, -0.2) is 32.4 Å². The third-order valence-electron chi connectivity index (χ3n) is 5.23. The molecule has 3 N–H and O–H groups in total. The van der Waals surface area contributed by atoms with Crippen molar-refractivity contribution in [2.24, 2.45) is 5.14 Å². The van der Waals surface area contributed by atoms with Gasteiger partial charge in [-0.25, -0.2) is 18.5 Å². The van der Waals surface area contributed by atoms with Gasteiger partial charge in [-0.2, -0.15) is 0 Å². The van der Waals surface area contributed by atoms with E-state index in [1.165, 1.54) is 18.2 Å². The first-order valence-electron chi connectivity index (χ1n) is 9.54. The molecule has 1 saturated heterocycles. The molecular weight excluding hydrogens is 412 g/mol. The number of halogens is 1. The van der Waals surface area contributed by atoms with Crippen molar-refractivity contribution in [2.75, 3.05) is 23.3 Å². The molecule has 7 nitrogen and oxygen atoms in total. The van der Waals surface area contributed by atoms with Gasteiger partial charge in [-0.05, 0) is 56.0 Å². The highest BCUT2D eigenvalue weighted by Gasteiger charge is 2.24. The minimum absolute atomic E-state index is 0.0647. The number of primary sulfonamides is 1. The van der Waals surface area contributed by atoms with Gasteiger partial charge in [0.15, 0.2) is 0 Å². The van der Waals surface area contributed by atoms with Gasteiger partial charge < -0.3 is 10.2 Å². The summed E-state index contributed by atoms with van der Waals surface area (Å²) in [5.74, 6) is 0.209. The van der Waals surface area contributed by atoms with Crippen molar-refractivity contribution in [3.05, 3.63) is 46.1 Å². The number of nitrogens with zero attached hydrogens (tertiary/aromatic N) is 2. The van der Waals surface area contributed by atoms with Crippen LogP contribution in [0.3, 0.4) is 0 Å². The number of rotatable bonds is 4. The van der Waals surface area contributed by atoms with Crippen LogP contribution in [0.5, 0.6) is 0 Å². The van der Waals surface area contributed by atoms with Crippen molar-refractivity contribution in [3.8, 4) is 0 Å². The van der Waals surface area contributed by atoms with Gasteiger partial charge in [-0.15, -0.1) is 0 Å². The van der Waals surface area contributed by atoms with E-state index < -0.39 is 10.0 Å². The first-order chi connectivity index (χ1) is 13.7. The third-order valence-corrected chi connectivity index (χ3v) is 6.51.